The molecule has 1 aliphatic carbocycles. The van der Waals surface area contributed by atoms with Crippen molar-refractivity contribution in [3.63, 3.8) is 0 Å². The summed E-state index contributed by atoms with van der Waals surface area (Å²) in [5.74, 6) is 0. The maximum Gasteiger partial charge on any atom is 0.0698 e. The summed E-state index contributed by atoms with van der Waals surface area (Å²) in [6, 6.07) is 6.99. The van der Waals surface area contributed by atoms with Gasteiger partial charge in [0.25, 0.3) is 0 Å². The van der Waals surface area contributed by atoms with Crippen molar-refractivity contribution in [1.29, 1.82) is 0 Å². The number of likely N-dealkylation sites (tertiary alicyclic amines) is 1. The van der Waals surface area contributed by atoms with Crippen LogP contribution in [0.5, 0.6) is 0 Å². The number of methoxy groups -OCH3 is 1. The number of nitrogen functional groups attached to an aromatic ring is 1. The van der Waals surface area contributed by atoms with E-state index in [-0.39, 0.29) is 0 Å². The molecule has 1 saturated heterocycles. The third-order valence-electron chi connectivity index (χ3n) is 4.40. The summed E-state index contributed by atoms with van der Waals surface area (Å²) >= 11 is 0. The average Bonchev–Trinajstić information content (AvgIpc) is 2.81. The monoisotopic (exact) mass is 246 g/mol. The van der Waals surface area contributed by atoms with Crippen LogP contribution in [0, 0.1) is 0 Å². The zero-order valence-electron chi connectivity index (χ0n) is 11.1. The molecule has 0 radical (unpaired) electrons. The predicted octanol–water partition coefficient (Wildman–Crippen LogP) is 2.37. The van der Waals surface area contributed by atoms with Gasteiger partial charge in [0.2, 0.25) is 0 Å². The van der Waals surface area contributed by atoms with E-state index in [1.807, 2.05) is 13.2 Å². The molecule has 2 atom stereocenters. The number of aryl methyl sites for hydroxylation is 1. The second-order valence-electron chi connectivity index (χ2n) is 5.51. The highest BCUT2D eigenvalue weighted by atomic mass is 16.5. The predicted molar refractivity (Wildman–Crippen MR) is 73.5 cm³/mol. The maximum absolute atomic E-state index is 5.86. The maximum atomic E-state index is 5.86. The van der Waals surface area contributed by atoms with Crippen molar-refractivity contribution in [2.45, 2.75) is 37.8 Å². The lowest BCUT2D eigenvalue weighted by molar-refractivity contribution is 0.0143. The Morgan fingerprint density at radius 2 is 2.22 bits per heavy atom. The highest BCUT2D eigenvalue weighted by Gasteiger charge is 2.31. The smallest absolute Gasteiger partial charge is 0.0698 e. The van der Waals surface area contributed by atoms with Gasteiger partial charge in [-0.2, -0.15) is 0 Å². The van der Waals surface area contributed by atoms with E-state index in [2.05, 4.69) is 17.0 Å². The van der Waals surface area contributed by atoms with E-state index in [4.69, 9.17) is 10.5 Å². The number of ether oxygens (including phenoxy) is 1. The first-order valence-corrected chi connectivity index (χ1v) is 6.93. The van der Waals surface area contributed by atoms with Gasteiger partial charge in [-0.3, -0.25) is 4.90 Å². The van der Waals surface area contributed by atoms with Crippen molar-refractivity contribution in [1.82, 2.24) is 4.90 Å². The largest absolute Gasteiger partial charge is 0.399 e. The second kappa shape index (κ2) is 4.90. The van der Waals surface area contributed by atoms with Gasteiger partial charge in [-0.25, -0.2) is 0 Å². The number of nitrogens with zero attached hydrogens (tertiary/aromatic N) is 1. The minimum atomic E-state index is 0.414. The zero-order valence-corrected chi connectivity index (χ0v) is 11.1. The summed E-state index contributed by atoms with van der Waals surface area (Å²) in [6.45, 7) is 2.28. The van der Waals surface area contributed by atoms with Crippen molar-refractivity contribution in [2.24, 2.45) is 0 Å². The molecular formula is C15H22N2O. The highest BCUT2D eigenvalue weighted by Crippen LogP contribution is 2.38. The average molecular weight is 246 g/mol. The highest BCUT2D eigenvalue weighted by molar-refractivity contribution is 5.47. The van der Waals surface area contributed by atoms with E-state index >= 15 is 0 Å². The minimum absolute atomic E-state index is 0.414. The van der Waals surface area contributed by atoms with Crippen molar-refractivity contribution < 1.29 is 4.74 Å². The normalized spacial score (nSPS) is 28.3. The molecule has 1 heterocycles. The van der Waals surface area contributed by atoms with Gasteiger partial charge in [-0.15, -0.1) is 0 Å². The molecule has 2 N–H and O–H groups in total. The molecule has 2 unspecified atom stereocenters. The summed E-state index contributed by atoms with van der Waals surface area (Å²) in [7, 11) is 1.83. The number of piperidine rings is 1. The second-order valence-corrected chi connectivity index (χ2v) is 5.51. The Kier molecular flexibility index (Phi) is 3.27. The molecular weight excluding hydrogens is 224 g/mol. The molecule has 1 aromatic carbocycles. The SMILES string of the molecule is COC1CCCN(C2CCc3cc(N)ccc32)C1. The lowest BCUT2D eigenvalue weighted by Gasteiger charge is -2.36. The van der Waals surface area contributed by atoms with Gasteiger partial charge in [-0.05, 0) is 55.5 Å². The third-order valence-corrected chi connectivity index (χ3v) is 4.40. The van der Waals surface area contributed by atoms with Crippen molar-refractivity contribution in [3.8, 4) is 0 Å². The molecule has 0 amide bonds. The topological polar surface area (TPSA) is 38.5 Å². The lowest BCUT2D eigenvalue weighted by atomic mass is 10.0. The van der Waals surface area contributed by atoms with Crippen LogP contribution < -0.4 is 5.73 Å². The fourth-order valence-corrected chi connectivity index (χ4v) is 3.44. The van der Waals surface area contributed by atoms with E-state index in [0.29, 0.717) is 12.1 Å². The van der Waals surface area contributed by atoms with Crippen LogP contribution in [0.15, 0.2) is 18.2 Å². The van der Waals surface area contributed by atoms with Gasteiger partial charge in [0.05, 0.1) is 6.10 Å². The van der Waals surface area contributed by atoms with Crippen molar-refractivity contribution in [3.05, 3.63) is 29.3 Å². The van der Waals surface area contributed by atoms with E-state index in [1.165, 1.54) is 43.4 Å². The minimum Gasteiger partial charge on any atom is -0.399 e. The molecule has 98 valence electrons. The van der Waals surface area contributed by atoms with Crippen LogP contribution in [-0.2, 0) is 11.2 Å². The zero-order chi connectivity index (χ0) is 12.5. The van der Waals surface area contributed by atoms with E-state index in [0.717, 1.165) is 12.2 Å². The number of anilines is 1. The van der Waals surface area contributed by atoms with E-state index < -0.39 is 0 Å². The van der Waals surface area contributed by atoms with Gasteiger partial charge in [-0.1, -0.05) is 6.07 Å². The number of fused-ring (bicyclic) bond motifs is 1. The summed E-state index contributed by atoms with van der Waals surface area (Å²) in [5, 5.41) is 0. The Morgan fingerprint density at radius 1 is 1.33 bits per heavy atom. The summed E-state index contributed by atoms with van der Waals surface area (Å²) in [6.07, 6.45) is 5.26. The third kappa shape index (κ3) is 2.13. The quantitative estimate of drug-likeness (QED) is 0.814. The van der Waals surface area contributed by atoms with Crippen LogP contribution in [0.4, 0.5) is 5.69 Å². The molecule has 0 spiro atoms. The standard InChI is InChI=1S/C15H22N2O/c1-18-13-3-2-8-17(10-13)15-7-4-11-9-12(16)5-6-14(11)15/h5-6,9,13,15H,2-4,7-8,10,16H2,1H3. The Labute approximate surface area is 109 Å². The van der Waals surface area contributed by atoms with Crippen molar-refractivity contribution in [2.75, 3.05) is 25.9 Å². The Balaban J connectivity index is 1.79. The molecule has 0 saturated carbocycles. The number of nitrogens with two attached hydrogens (primary N) is 1. The van der Waals surface area contributed by atoms with Crippen molar-refractivity contribution >= 4 is 5.69 Å². The number of rotatable bonds is 2. The van der Waals surface area contributed by atoms with Gasteiger partial charge >= 0.3 is 0 Å². The molecule has 3 heteroatoms. The van der Waals surface area contributed by atoms with Crippen LogP contribution >= 0.6 is 0 Å². The Bertz CT molecular complexity index is 433. The van der Waals surface area contributed by atoms with Crippen LogP contribution in [0.3, 0.4) is 0 Å². The lowest BCUT2D eigenvalue weighted by Crippen LogP contribution is -2.40. The molecule has 1 aromatic rings. The first kappa shape index (κ1) is 12.0. The molecule has 2 aliphatic rings. The summed E-state index contributed by atoms with van der Waals surface area (Å²) < 4.78 is 5.53. The van der Waals surface area contributed by atoms with E-state index in [1.54, 1.807) is 0 Å². The Hall–Kier alpha value is -1.06. The molecule has 1 fully saturated rings. The molecule has 18 heavy (non-hydrogen) atoms. The molecule has 3 nitrogen and oxygen atoms in total. The van der Waals surface area contributed by atoms with Gasteiger partial charge in [0.15, 0.2) is 0 Å². The van der Waals surface area contributed by atoms with Gasteiger partial charge in [0.1, 0.15) is 0 Å². The van der Waals surface area contributed by atoms with Crippen LogP contribution in [0.25, 0.3) is 0 Å². The Morgan fingerprint density at radius 3 is 3.06 bits per heavy atom. The summed E-state index contributed by atoms with van der Waals surface area (Å²) in [4.78, 5) is 2.60. The fraction of sp³-hybridized carbons (Fsp3) is 0.600. The summed E-state index contributed by atoms with van der Waals surface area (Å²) in [5.41, 5.74) is 9.69. The molecule has 1 aliphatic heterocycles. The van der Waals surface area contributed by atoms with Crippen LogP contribution in [0.1, 0.15) is 36.4 Å². The number of benzene rings is 1. The molecule has 0 aromatic heterocycles. The fourth-order valence-electron chi connectivity index (χ4n) is 3.44. The van der Waals surface area contributed by atoms with Crippen LogP contribution in [0.2, 0.25) is 0 Å². The molecule has 0 bridgehead atoms. The first-order chi connectivity index (χ1) is 8.78. The van der Waals surface area contributed by atoms with E-state index in [9.17, 15) is 0 Å². The van der Waals surface area contributed by atoms with Gasteiger partial charge in [0, 0.05) is 25.4 Å². The first-order valence-electron chi connectivity index (χ1n) is 6.93. The molecule has 3 rings (SSSR count). The van der Waals surface area contributed by atoms with Crippen LogP contribution in [-0.4, -0.2) is 31.2 Å². The number of hydrogen-bond acceptors (Lipinski definition) is 3. The number of hydrogen-bond donors (Lipinski definition) is 1. The van der Waals surface area contributed by atoms with Gasteiger partial charge < -0.3 is 10.5 Å².